The number of anilines is 2. The van der Waals surface area contributed by atoms with E-state index < -0.39 is 21.8 Å². The molecule has 0 bridgehead atoms. The van der Waals surface area contributed by atoms with Gasteiger partial charge in [0.25, 0.3) is 10.0 Å². The summed E-state index contributed by atoms with van der Waals surface area (Å²) in [5.74, 6) is -1.59. The number of hydrogen-bond donors (Lipinski definition) is 2. The number of nitrogens with zero attached hydrogens (tertiary/aromatic N) is 2. The van der Waals surface area contributed by atoms with Crippen LogP contribution in [0.4, 0.5) is 15.9 Å². The fourth-order valence-electron chi connectivity index (χ4n) is 2.86. The van der Waals surface area contributed by atoms with E-state index >= 15 is 0 Å². The lowest BCUT2D eigenvalue weighted by Gasteiger charge is -2.24. The fourth-order valence-corrected chi connectivity index (χ4v) is 4.15. The molecule has 28 heavy (non-hydrogen) atoms. The SMILES string of the molecule is CCCN(CCC)c1ncc(NS(=O)(=O)c2cc(F)ccc2C)cc1C(=O)O. The summed E-state index contributed by atoms with van der Waals surface area (Å²) in [7, 11) is -4.10. The van der Waals surface area contributed by atoms with Crippen LogP contribution < -0.4 is 9.62 Å². The molecule has 0 unspecified atom stereocenters. The zero-order valence-corrected chi connectivity index (χ0v) is 16.9. The molecule has 2 rings (SSSR count). The first kappa shape index (κ1) is 21.6. The maximum Gasteiger partial charge on any atom is 0.339 e. The van der Waals surface area contributed by atoms with E-state index in [1.54, 1.807) is 6.92 Å². The molecule has 0 saturated carbocycles. The summed E-state index contributed by atoms with van der Waals surface area (Å²) in [6, 6.07) is 4.68. The summed E-state index contributed by atoms with van der Waals surface area (Å²) in [5, 5.41) is 9.58. The highest BCUT2D eigenvalue weighted by Crippen LogP contribution is 2.25. The summed E-state index contributed by atoms with van der Waals surface area (Å²) >= 11 is 0. The predicted octanol–water partition coefficient (Wildman–Crippen LogP) is 3.65. The van der Waals surface area contributed by atoms with Crippen molar-refractivity contribution in [2.45, 2.75) is 38.5 Å². The van der Waals surface area contributed by atoms with Crippen molar-refractivity contribution >= 4 is 27.5 Å². The van der Waals surface area contributed by atoms with E-state index in [1.165, 1.54) is 24.4 Å². The zero-order valence-electron chi connectivity index (χ0n) is 16.1. The molecule has 0 aliphatic rings. The molecule has 0 saturated heterocycles. The number of aromatic carboxylic acids is 1. The minimum atomic E-state index is -4.10. The van der Waals surface area contributed by atoms with Gasteiger partial charge in [0.1, 0.15) is 17.2 Å². The molecular formula is C19H24FN3O4S. The second-order valence-corrected chi connectivity index (χ2v) is 8.05. The minimum absolute atomic E-state index is 0.00208. The smallest absolute Gasteiger partial charge is 0.339 e. The number of sulfonamides is 1. The monoisotopic (exact) mass is 409 g/mol. The molecule has 0 spiro atoms. The van der Waals surface area contributed by atoms with Gasteiger partial charge in [0.05, 0.1) is 16.8 Å². The Morgan fingerprint density at radius 1 is 1.21 bits per heavy atom. The number of halogens is 1. The zero-order chi connectivity index (χ0) is 20.9. The number of carbonyl (C=O) groups is 1. The Kier molecular flexibility index (Phi) is 6.95. The lowest BCUT2D eigenvalue weighted by molar-refractivity contribution is 0.0697. The second kappa shape index (κ2) is 9.01. The van der Waals surface area contributed by atoms with E-state index in [0.29, 0.717) is 24.5 Å². The van der Waals surface area contributed by atoms with Gasteiger partial charge in [-0.3, -0.25) is 4.72 Å². The average molecular weight is 409 g/mol. The third kappa shape index (κ3) is 4.98. The molecule has 0 aliphatic carbocycles. The Morgan fingerprint density at radius 3 is 2.43 bits per heavy atom. The van der Waals surface area contributed by atoms with Crippen LogP contribution >= 0.6 is 0 Å². The summed E-state index contributed by atoms with van der Waals surface area (Å²) in [6.07, 6.45) is 2.90. The molecule has 9 heteroatoms. The van der Waals surface area contributed by atoms with Crippen LogP contribution in [0, 0.1) is 12.7 Å². The molecule has 1 aromatic heterocycles. The molecule has 0 radical (unpaired) electrons. The molecule has 2 N–H and O–H groups in total. The number of aromatic nitrogens is 1. The number of rotatable bonds is 9. The van der Waals surface area contributed by atoms with Gasteiger partial charge < -0.3 is 10.0 Å². The van der Waals surface area contributed by atoms with Crippen molar-refractivity contribution in [2.24, 2.45) is 0 Å². The first-order chi connectivity index (χ1) is 13.2. The summed E-state index contributed by atoms with van der Waals surface area (Å²) in [6.45, 7) is 6.77. The average Bonchev–Trinajstić information content (AvgIpc) is 2.63. The van der Waals surface area contributed by atoms with E-state index in [4.69, 9.17) is 0 Å². The third-order valence-corrected chi connectivity index (χ3v) is 5.60. The molecule has 152 valence electrons. The quantitative estimate of drug-likeness (QED) is 0.656. The van der Waals surface area contributed by atoms with Crippen LogP contribution in [0.25, 0.3) is 0 Å². The van der Waals surface area contributed by atoms with Crippen LogP contribution in [-0.4, -0.2) is 37.6 Å². The van der Waals surface area contributed by atoms with Crippen molar-refractivity contribution in [3.63, 3.8) is 0 Å². The maximum atomic E-state index is 13.5. The van der Waals surface area contributed by atoms with Crippen LogP contribution in [0.2, 0.25) is 0 Å². The minimum Gasteiger partial charge on any atom is -0.478 e. The number of benzene rings is 1. The molecule has 2 aromatic rings. The highest BCUT2D eigenvalue weighted by atomic mass is 32.2. The van der Waals surface area contributed by atoms with Crippen LogP contribution in [0.5, 0.6) is 0 Å². The number of pyridine rings is 1. The van der Waals surface area contributed by atoms with Gasteiger partial charge in [0, 0.05) is 13.1 Å². The van der Waals surface area contributed by atoms with Crippen molar-refractivity contribution in [1.82, 2.24) is 4.98 Å². The van der Waals surface area contributed by atoms with Crippen molar-refractivity contribution in [3.05, 3.63) is 47.4 Å². The Morgan fingerprint density at radius 2 is 1.86 bits per heavy atom. The molecule has 0 atom stereocenters. The third-order valence-electron chi connectivity index (χ3n) is 4.08. The first-order valence-corrected chi connectivity index (χ1v) is 10.4. The first-order valence-electron chi connectivity index (χ1n) is 8.96. The van der Waals surface area contributed by atoms with Crippen molar-refractivity contribution in [2.75, 3.05) is 22.7 Å². The Balaban J connectivity index is 2.43. The molecule has 7 nitrogen and oxygen atoms in total. The molecule has 1 aromatic carbocycles. The molecular weight excluding hydrogens is 385 g/mol. The van der Waals surface area contributed by atoms with Crippen LogP contribution in [-0.2, 0) is 10.0 Å². The number of hydrogen-bond acceptors (Lipinski definition) is 5. The van der Waals surface area contributed by atoms with Gasteiger partial charge in [-0.05, 0) is 43.5 Å². The lowest BCUT2D eigenvalue weighted by Crippen LogP contribution is -2.28. The predicted molar refractivity (Wildman–Crippen MR) is 106 cm³/mol. The van der Waals surface area contributed by atoms with Gasteiger partial charge in [-0.2, -0.15) is 0 Å². The Bertz CT molecular complexity index is 958. The van der Waals surface area contributed by atoms with Crippen LogP contribution in [0.1, 0.15) is 42.6 Å². The lowest BCUT2D eigenvalue weighted by atomic mass is 10.2. The number of aryl methyl sites for hydroxylation is 1. The van der Waals surface area contributed by atoms with Crippen LogP contribution in [0.3, 0.4) is 0 Å². The van der Waals surface area contributed by atoms with Gasteiger partial charge in [-0.25, -0.2) is 22.6 Å². The van der Waals surface area contributed by atoms with E-state index in [0.717, 1.165) is 18.9 Å². The Labute approximate surface area is 164 Å². The maximum absolute atomic E-state index is 13.5. The van der Waals surface area contributed by atoms with Crippen molar-refractivity contribution < 1.29 is 22.7 Å². The Hall–Kier alpha value is -2.68. The summed E-state index contributed by atoms with van der Waals surface area (Å²) < 4.78 is 41.0. The van der Waals surface area contributed by atoms with E-state index in [9.17, 15) is 22.7 Å². The van der Waals surface area contributed by atoms with Gasteiger partial charge in [0.2, 0.25) is 0 Å². The van der Waals surface area contributed by atoms with Crippen molar-refractivity contribution in [3.8, 4) is 0 Å². The molecule has 0 aliphatic heterocycles. The van der Waals surface area contributed by atoms with Crippen molar-refractivity contribution in [1.29, 1.82) is 0 Å². The highest BCUT2D eigenvalue weighted by molar-refractivity contribution is 7.92. The second-order valence-electron chi connectivity index (χ2n) is 6.40. The number of carboxylic acid groups (broad SMARTS) is 1. The molecule has 0 amide bonds. The largest absolute Gasteiger partial charge is 0.478 e. The van der Waals surface area contributed by atoms with Gasteiger partial charge in [-0.15, -0.1) is 0 Å². The van der Waals surface area contributed by atoms with E-state index in [2.05, 4.69) is 9.71 Å². The molecule has 1 heterocycles. The molecule has 0 fully saturated rings. The summed E-state index contributed by atoms with van der Waals surface area (Å²) in [5.41, 5.74) is 0.268. The standard InChI is InChI=1S/C19H24FN3O4S/c1-4-8-23(9-5-2)18-16(19(24)25)11-15(12-21-18)22-28(26,27)17-10-14(20)7-6-13(17)3/h6-7,10-12,22H,4-5,8-9H2,1-3H3,(H,24,25). The van der Waals surface area contributed by atoms with Crippen LogP contribution in [0.15, 0.2) is 35.4 Å². The van der Waals surface area contributed by atoms with Gasteiger partial charge in [-0.1, -0.05) is 19.9 Å². The normalized spacial score (nSPS) is 11.3. The topological polar surface area (TPSA) is 99.6 Å². The number of carboxylic acids is 1. The van der Waals surface area contributed by atoms with E-state index in [1.807, 2.05) is 18.7 Å². The van der Waals surface area contributed by atoms with Gasteiger partial charge >= 0.3 is 5.97 Å². The van der Waals surface area contributed by atoms with Gasteiger partial charge in [0.15, 0.2) is 0 Å². The summed E-state index contributed by atoms with van der Waals surface area (Å²) in [4.78, 5) is 17.6. The number of nitrogens with one attached hydrogen (secondary N) is 1. The fraction of sp³-hybridized carbons (Fsp3) is 0.368. The highest BCUT2D eigenvalue weighted by Gasteiger charge is 2.22. The van der Waals surface area contributed by atoms with E-state index in [-0.39, 0.29) is 16.1 Å².